The molecule has 1 N–H and O–H groups in total. The highest BCUT2D eigenvalue weighted by atomic mass is 16.5. The molecule has 0 fully saturated rings. The number of benzene rings is 2. The Bertz CT molecular complexity index is 706. The Morgan fingerprint density at radius 1 is 0.792 bits per heavy atom. The lowest BCUT2D eigenvalue weighted by Crippen LogP contribution is -2.29. The molecule has 0 bridgehead atoms. The van der Waals surface area contributed by atoms with E-state index in [1.165, 1.54) is 11.4 Å². The minimum atomic E-state index is 0.881. The summed E-state index contributed by atoms with van der Waals surface area (Å²) in [6.07, 6.45) is 0. The molecule has 24 heavy (non-hydrogen) atoms. The molecular formula is C20H27N3O. The smallest absolute Gasteiger partial charge is 0.153 e. The Labute approximate surface area is 145 Å². The van der Waals surface area contributed by atoms with E-state index in [-0.39, 0.29) is 0 Å². The van der Waals surface area contributed by atoms with Crippen LogP contribution in [0.1, 0.15) is 27.7 Å². The van der Waals surface area contributed by atoms with Crippen molar-refractivity contribution in [1.82, 2.24) is 0 Å². The van der Waals surface area contributed by atoms with E-state index >= 15 is 0 Å². The zero-order valence-electron chi connectivity index (χ0n) is 15.1. The van der Waals surface area contributed by atoms with Crippen LogP contribution in [0, 0.1) is 0 Å². The summed E-state index contributed by atoms with van der Waals surface area (Å²) in [6, 6.07) is 12.4. The molecule has 0 radical (unpaired) electrons. The summed E-state index contributed by atoms with van der Waals surface area (Å²) in [5, 5.41) is 3.61. The molecule has 4 heteroatoms. The van der Waals surface area contributed by atoms with Gasteiger partial charge in [0.1, 0.15) is 5.69 Å². The average Bonchev–Trinajstić information content (AvgIpc) is 2.63. The monoisotopic (exact) mass is 325 g/mol. The second-order valence-corrected chi connectivity index (χ2v) is 5.87. The van der Waals surface area contributed by atoms with Crippen molar-refractivity contribution in [2.75, 3.05) is 41.3 Å². The standard InChI is InChI=1S/C20H27N3O/c1-5-22(6-2)16-13-14-18-19(20(16)23(7-3)8-4)21-15-11-9-10-12-17(15)24-18/h9-14,21H,5-8H2,1-4H3. The van der Waals surface area contributed by atoms with Gasteiger partial charge in [-0.3, -0.25) is 0 Å². The number of hydrogen-bond acceptors (Lipinski definition) is 4. The van der Waals surface area contributed by atoms with Crippen molar-refractivity contribution in [1.29, 1.82) is 0 Å². The van der Waals surface area contributed by atoms with Gasteiger partial charge in [-0.15, -0.1) is 0 Å². The third-order valence-corrected chi connectivity index (χ3v) is 4.67. The molecule has 3 rings (SSSR count). The highest BCUT2D eigenvalue weighted by molar-refractivity contribution is 5.93. The van der Waals surface area contributed by atoms with Gasteiger partial charge in [0, 0.05) is 26.2 Å². The van der Waals surface area contributed by atoms with Gasteiger partial charge in [-0.25, -0.2) is 0 Å². The first-order valence-corrected chi connectivity index (χ1v) is 8.94. The second kappa shape index (κ2) is 7.04. The molecule has 0 unspecified atom stereocenters. The fourth-order valence-electron chi connectivity index (χ4n) is 3.36. The van der Waals surface area contributed by atoms with Crippen LogP contribution in [0.2, 0.25) is 0 Å². The molecule has 0 saturated carbocycles. The van der Waals surface area contributed by atoms with Crippen LogP contribution in [-0.2, 0) is 0 Å². The molecule has 1 heterocycles. The lowest BCUT2D eigenvalue weighted by atomic mass is 10.1. The van der Waals surface area contributed by atoms with Crippen molar-refractivity contribution in [3.8, 4) is 11.5 Å². The zero-order chi connectivity index (χ0) is 17.1. The van der Waals surface area contributed by atoms with Gasteiger partial charge < -0.3 is 19.9 Å². The summed E-state index contributed by atoms with van der Waals surface area (Å²) >= 11 is 0. The van der Waals surface area contributed by atoms with E-state index in [9.17, 15) is 0 Å². The van der Waals surface area contributed by atoms with E-state index in [0.29, 0.717) is 0 Å². The largest absolute Gasteiger partial charge is 0.453 e. The van der Waals surface area contributed by atoms with E-state index in [1.54, 1.807) is 0 Å². The number of para-hydroxylation sites is 2. The van der Waals surface area contributed by atoms with Gasteiger partial charge in [-0.1, -0.05) is 12.1 Å². The van der Waals surface area contributed by atoms with Crippen molar-refractivity contribution in [3.05, 3.63) is 36.4 Å². The quantitative estimate of drug-likeness (QED) is 0.672. The maximum Gasteiger partial charge on any atom is 0.153 e. The predicted molar refractivity (Wildman–Crippen MR) is 103 cm³/mol. The molecule has 2 aromatic rings. The van der Waals surface area contributed by atoms with Gasteiger partial charge in [0.2, 0.25) is 0 Å². The molecule has 0 saturated heterocycles. The van der Waals surface area contributed by atoms with Crippen molar-refractivity contribution in [3.63, 3.8) is 0 Å². The maximum atomic E-state index is 6.15. The van der Waals surface area contributed by atoms with Gasteiger partial charge >= 0.3 is 0 Å². The summed E-state index contributed by atoms with van der Waals surface area (Å²) in [5.41, 5.74) is 4.59. The van der Waals surface area contributed by atoms with Gasteiger partial charge in [0.15, 0.2) is 11.5 Å². The van der Waals surface area contributed by atoms with E-state index in [1.807, 2.05) is 18.2 Å². The Kier molecular flexibility index (Phi) is 4.84. The highest BCUT2D eigenvalue weighted by Crippen LogP contribution is 2.50. The zero-order valence-corrected chi connectivity index (χ0v) is 15.1. The average molecular weight is 325 g/mol. The van der Waals surface area contributed by atoms with Crippen LogP contribution in [0.15, 0.2) is 36.4 Å². The molecule has 128 valence electrons. The SMILES string of the molecule is CCN(CC)c1ccc2c(c1N(CC)CC)Nc1ccccc1O2. The maximum absolute atomic E-state index is 6.15. The Morgan fingerprint density at radius 3 is 2.12 bits per heavy atom. The molecule has 0 amide bonds. The first-order valence-electron chi connectivity index (χ1n) is 8.94. The number of rotatable bonds is 6. The van der Waals surface area contributed by atoms with E-state index in [2.05, 4.69) is 61.0 Å². The molecule has 0 atom stereocenters. The molecule has 0 aliphatic carbocycles. The summed E-state index contributed by atoms with van der Waals surface area (Å²) < 4.78 is 6.15. The summed E-state index contributed by atoms with van der Waals surface area (Å²) in [7, 11) is 0. The Morgan fingerprint density at radius 2 is 1.46 bits per heavy atom. The highest BCUT2D eigenvalue weighted by Gasteiger charge is 2.25. The number of nitrogens with zero attached hydrogens (tertiary/aromatic N) is 2. The fraction of sp³-hybridized carbons (Fsp3) is 0.400. The minimum Gasteiger partial charge on any atom is -0.453 e. The lowest BCUT2D eigenvalue weighted by molar-refractivity contribution is 0.481. The van der Waals surface area contributed by atoms with Gasteiger partial charge in [0.25, 0.3) is 0 Å². The van der Waals surface area contributed by atoms with Crippen molar-refractivity contribution in [2.45, 2.75) is 27.7 Å². The molecule has 4 nitrogen and oxygen atoms in total. The second-order valence-electron chi connectivity index (χ2n) is 5.87. The summed E-state index contributed by atoms with van der Waals surface area (Å²) in [4.78, 5) is 4.80. The Hall–Kier alpha value is -2.36. The van der Waals surface area contributed by atoms with Crippen LogP contribution in [0.25, 0.3) is 0 Å². The normalized spacial score (nSPS) is 11.8. The number of fused-ring (bicyclic) bond motifs is 2. The summed E-state index contributed by atoms with van der Waals surface area (Å²) in [6.45, 7) is 12.7. The molecule has 1 aliphatic rings. The fourth-order valence-corrected chi connectivity index (χ4v) is 3.36. The van der Waals surface area contributed by atoms with Crippen LogP contribution in [-0.4, -0.2) is 26.2 Å². The van der Waals surface area contributed by atoms with Crippen molar-refractivity contribution in [2.24, 2.45) is 0 Å². The third-order valence-electron chi connectivity index (χ3n) is 4.67. The van der Waals surface area contributed by atoms with Gasteiger partial charge in [0.05, 0.1) is 17.1 Å². The van der Waals surface area contributed by atoms with Crippen LogP contribution < -0.4 is 19.9 Å². The molecule has 0 spiro atoms. The summed E-state index contributed by atoms with van der Waals surface area (Å²) in [5.74, 6) is 1.78. The number of anilines is 4. The predicted octanol–water partition coefficient (Wildman–Crippen LogP) is 5.23. The Balaban J connectivity index is 2.15. The minimum absolute atomic E-state index is 0.881. The third kappa shape index (κ3) is 2.77. The van der Waals surface area contributed by atoms with Crippen molar-refractivity contribution >= 4 is 22.7 Å². The molecule has 1 aliphatic heterocycles. The van der Waals surface area contributed by atoms with Gasteiger partial charge in [-0.2, -0.15) is 0 Å². The molecule has 2 aromatic carbocycles. The van der Waals surface area contributed by atoms with Crippen molar-refractivity contribution < 1.29 is 4.74 Å². The number of hydrogen-bond donors (Lipinski definition) is 1. The molecule has 0 aromatic heterocycles. The molecular weight excluding hydrogens is 298 g/mol. The van der Waals surface area contributed by atoms with Crippen LogP contribution in [0.4, 0.5) is 22.7 Å². The number of ether oxygens (including phenoxy) is 1. The topological polar surface area (TPSA) is 27.7 Å². The van der Waals surface area contributed by atoms with Crippen LogP contribution in [0.3, 0.4) is 0 Å². The van der Waals surface area contributed by atoms with E-state index in [0.717, 1.165) is 49.1 Å². The van der Waals surface area contributed by atoms with Crippen LogP contribution >= 0.6 is 0 Å². The van der Waals surface area contributed by atoms with E-state index < -0.39 is 0 Å². The lowest BCUT2D eigenvalue weighted by Gasteiger charge is -2.34. The first kappa shape index (κ1) is 16.5. The van der Waals surface area contributed by atoms with Gasteiger partial charge in [-0.05, 0) is 52.0 Å². The number of nitrogens with one attached hydrogen (secondary N) is 1. The first-order chi connectivity index (χ1) is 11.7. The van der Waals surface area contributed by atoms with Crippen LogP contribution in [0.5, 0.6) is 11.5 Å². The van der Waals surface area contributed by atoms with E-state index in [4.69, 9.17) is 4.74 Å².